The van der Waals surface area contributed by atoms with Crippen molar-refractivity contribution >= 4 is 70.9 Å². The molecule has 0 aliphatic heterocycles. The molecular formula is C68H45N. The first-order valence-corrected chi connectivity index (χ1v) is 23.8. The summed E-state index contributed by atoms with van der Waals surface area (Å²) in [5, 5.41) is 12.4. The minimum atomic E-state index is 1.11. The normalized spacial score (nSPS) is 11.5. The molecule has 0 unspecified atom stereocenters. The molecule has 13 aromatic rings. The van der Waals surface area contributed by atoms with Crippen LogP contribution in [0.15, 0.2) is 273 Å². The van der Waals surface area contributed by atoms with E-state index in [1.165, 1.54) is 109 Å². The van der Waals surface area contributed by atoms with E-state index in [-0.39, 0.29) is 0 Å². The summed E-state index contributed by atoms with van der Waals surface area (Å²) in [7, 11) is 0. The van der Waals surface area contributed by atoms with Gasteiger partial charge in [0.2, 0.25) is 0 Å². The van der Waals surface area contributed by atoms with Crippen molar-refractivity contribution in [3.05, 3.63) is 273 Å². The third kappa shape index (κ3) is 7.03. The highest BCUT2D eigenvalue weighted by Crippen LogP contribution is 2.50. The van der Waals surface area contributed by atoms with E-state index in [1.54, 1.807) is 0 Å². The quantitative estimate of drug-likeness (QED) is 0.138. The largest absolute Gasteiger partial charge is 0.310 e. The highest BCUT2D eigenvalue weighted by molar-refractivity contribution is 6.33. The molecule has 0 saturated carbocycles. The Hall–Kier alpha value is -9.04. The molecule has 0 N–H and O–H groups in total. The average Bonchev–Trinajstić information content (AvgIpc) is 3.43. The van der Waals surface area contributed by atoms with E-state index < -0.39 is 0 Å². The van der Waals surface area contributed by atoms with Crippen LogP contribution in [0.2, 0.25) is 0 Å². The monoisotopic (exact) mass is 875 g/mol. The lowest BCUT2D eigenvalue weighted by Crippen LogP contribution is -2.09. The van der Waals surface area contributed by atoms with Gasteiger partial charge in [-0.05, 0) is 152 Å². The van der Waals surface area contributed by atoms with Gasteiger partial charge in [-0.2, -0.15) is 0 Å². The summed E-state index contributed by atoms with van der Waals surface area (Å²) in [5.74, 6) is 0. The number of anilines is 3. The molecule has 0 atom stereocenters. The van der Waals surface area contributed by atoms with Crippen molar-refractivity contribution < 1.29 is 0 Å². The average molecular weight is 876 g/mol. The van der Waals surface area contributed by atoms with Gasteiger partial charge >= 0.3 is 0 Å². The van der Waals surface area contributed by atoms with Crippen LogP contribution in [-0.2, 0) is 0 Å². The molecule has 0 spiro atoms. The highest BCUT2D eigenvalue weighted by Gasteiger charge is 2.23. The molecule has 0 saturated heterocycles. The molecule has 0 amide bonds. The Kier molecular flexibility index (Phi) is 9.91. The Morgan fingerprint density at radius 1 is 0.203 bits per heavy atom. The van der Waals surface area contributed by atoms with Crippen molar-refractivity contribution in [3.8, 4) is 55.6 Å². The van der Waals surface area contributed by atoms with E-state index in [9.17, 15) is 0 Å². The van der Waals surface area contributed by atoms with E-state index in [0.29, 0.717) is 0 Å². The van der Waals surface area contributed by atoms with E-state index in [2.05, 4.69) is 278 Å². The Morgan fingerprint density at radius 3 is 1.19 bits per heavy atom. The molecule has 13 rings (SSSR count). The van der Waals surface area contributed by atoms with Gasteiger partial charge in [0.25, 0.3) is 0 Å². The van der Waals surface area contributed by atoms with Crippen LogP contribution in [0.25, 0.3) is 109 Å². The first-order chi connectivity index (χ1) is 34.2. The van der Waals surface area contributed by atoms with Gasteiger partial charge in [-0.15, -0.1) is 0 Å². The fourth-order valence-corrected chi connectivity index (χ4v) is 10.9. The predicted molar refractivity (Wildman–Crippen MR) is 296 cm³/mol. The molecule has 0 radical (unpaired) electrons. The van der Waals surface area contributed by atoms with Crippen LogP contribution >= 0.6 is 0 Å². The minimum absolute atomic E-state index is 1.11. The van der Waals surface area contributed by atoms with Gasteiger partial charge in [-0.3, -0.25) is 0 Å². The van der Waals surface area contributed by atoms with Crippen LogP contribution in [0.1, 0.15) is 0 Å². The maximum absolute atomic E-state index is 2.47. The second-order valence-corrected chi connectivity index (χ2v) is 18.0. The number of nitrogens with zero attached hydrogens (tertiary/aromatic N) is 1. The fourth-order valence-electron chi connectivity index (χ4n) is 10.9. The van der Waals surface area contributed by atoms with Gasteiger partial charge in [0.1, 0.15) is 0 Å². The number of fused-ring (bicyclic) bond motifs is 8. The number of rotatable bonds is 8. The first kappa shape index (κ1) is 40.3. The first-order valence-electron chi connectivity index (χ1n) is 23.8. The maximum atomic E-state index is 2.47. The van der Waals surface area contributed by atoms with Crippen LogP contribution in [0, 0.1) is 0 Å². The molecule has 0 heterocycles. The number of para-hydroxylation sites is 2. The zero-order chi connectivity index (χ0) is 45.7. The number of hydrogen-bond donors (Lipinski definition) is 0. The number of hydrogen-bond acceptors (Lipinski definition) is 1. The van der Waals surface area contributed by atoms with Gasteiger partial charge in [0, 0.05) is 17.1 Å². The molecular weight excluding hydrogens is 831 g/mol. The van der Waals surface area contributed by atoms with Crippen molar-refractivity contribution in [1.29, 1.82) is 0 Å². The second kappa shape index (κ2) is 17.0. The Bertz CT molecular complexity index is 3980. The molecule has 0 aliphatic rings. The predicted octanol–water partition coefficient (Wildman–Crippen LogP) is 19.3. The summed E-state index contributed by atoms with van der Waals surface area (Å²) >= 11 is 0. The molecule has 69 heavy (non-hydrogen) atoms. The van der Waals surface area contributed by atoms with Crippen molar-refractivity contribution in [2.24, 2.45) is 0 Å². The van der Waals surface area contributed by atoms with Gasteiger partial charge in [-0.25, -0.2) is 0 Å². The van der Waals surface area contributed by atoms with Gasteiger partial charge in [0.05, 0.1) is 0 Å². The van der Waals surface area contributed by atoms with Gasteiger partial charge in [0.15, 0.2) is 0 Å². The molecule has 1 heteroatoms. The van der Waals surface area contributed by atoms with Gasteiger partial charge in [-0.1, -0.05) is 231 Å². The van der Waals surface area contributed by atoms with E-state index in [0.717, 1.165) is 17.1 Å². The van der Waals surface area contributed by atoms with Crippen LogP contribution in [0.3, 0.4) is 0 Å². The smallest absolute Gasteiger partial charge is 0.0468 e. The minimum Gasteiger partial charge on any atom is -0.310 e. The summed E-state index contributed by atoms with van der Waals surface area (Å²) in [6.07, 6.45) is 0. The Labute approximate surface area is 402 Å². The molecule has 13 aromatic carbocycles. The van der Waals surface area contributed by atoms with Crippen LogP contribution in [-0.4, -0.2) is 0 Å². The SMILES string of the molecule is c1ccc(-c2cc(-c3ccc(-c4cccc5ccccc45)cc3)c3c4ccc(N(c5ccccc5)c5ccccc5)cc4c4ccccc4c3c2-c2ccc(-c3cccc4ccccc34)cc2)cc1. The third-order valence-electron chi connectivity index (χ3n) is 14.0. The number of benzene rings is 13. The maximum Gasteiger partial charge on any atom is 0.0468 e. The van der Waals surface area contributed by atoms with Crippen molar-refractivity contribution in [2.75, 3.05) is 4.90 Å². The lowest BCUT2D eigenvalue weighted by molar-refractivity contribution is 1.29. The molecule has 0 aliphatic carbocycles. The van der Waals surface area contributed by atoms with Crippen molar-refractivity contribution in [3.63, 3.8) is 0 Å². The zero-order valence-electron chi connectivity index (χ0n) is 37.9. The molecule has 322 valence electrons. The second-order valence-electron chi connectivity index (χ2n) is 18.0. The molecule has 0 fully saturated rings. The Morgan fingerprint density at radius 2 is 0.623 bits per heavy atom. The fraction of sp³-hybridized carbons (Fsp3) is 0. The molecule has 0 bridgehead atoms. The van der Waals surface area contributed by atoms with Crippen LogP contribution < -0.4 is 4.90 Å². The molecule has 0 aromatic heterocycles. The van der Waals surface area contributed by atoms with Gasteiger partial charge < -0.3 is 4.90 Å². The molecule has 1 nitrogen and oxygen atoms in total. The van der Waals surface area contributed by atoms with E-state index in [4.69, 9.17) is 0 Å². The summed E-state index contributed by atoms with van der Waals surface area (Å²) in [4.78, 5) is 2.37. The highest BCUT2D eigenvalue weighted by atomic mass is 15.1. The zero-order valence-corrected chi connectivity index (χ0v) is 37.9. The lowest BCUT2D eigenvalue weighted by atomic mass is 9.81. The summed E-state index contributed by atoms with van der Waals surface area (Å²) in [6, 6.07) is 100. The van der Waals surface area contributed by atoms with E-state index in [1.807, 2.05) is 0 Å². The van der Waals surface area contributed by atoms with Crippen LogP contribution in [0.4, 0.5) is 17.1 Å². The van der Waals surface area contributed by atoms with Crippen LogP contribution in [0.5, 0.6) is 0 Å². The summed E-state index contributed by atoms with van der Waals surface area (Å²) in [6.45, 7) is 0. The van der Waals surface area contributed by atoms with E-state index >= 15 is 0 Å². The summed E-state index contributed by atoms with van der Waals surface area (Å²) in [5.41, 5.74) is 15.4. The standard InChI is InChI=1S/C68H45N/c1-4-18-48(19-5-1)63-45-64(51-36-34-49(35-37-51)58-32-16-22-46-20-10-12-28-56(46)58)67-62-43-42-55(69(53-24-6-2-7-25-53)54-26-8-3-9-27-54)44-65(62)60-30-14-15-31-61(60)68(67)66(63)52-40-38-50(39-41-52)59-33-17-23-47-21-11-13-29-57(47)59/h1-45H. The Balaban J connectivity index is 1.11. The van der Waals surface area contributed by atoms with Crippen molar-refractivity contribution in [1.82, 2.24) is 0 Å². The lowest BCUT2D eigenvalue weighted by Gasteiger charge is -2.27. The third-order valence-corrected chi connectivity index (χ3v) is 14.0. The van der Waals surface area contributed by atoms with Crippen molar-refractivity contribution in [2.45, 2.75) is 0 Å². The summed E-state index contributed by atoms with van der Waals surface area (Å²) < 4.78 is 0. The topological polar surface area (TPSA) is 3.24 Å².